The number of nitrogens with zero attached hydrogens (tertiary/aromatic N) is 5. The van der Waals surface area contributed by atoms with Gasteiger partial charge in [0.1, 0.15) is 17.2 Å². The van der Waals surface area contributed by atoms with Gasteiger partial charge in [0.05, 0.1) is 23.0 Å². The van der Waals surface area contributed by atoms with E-state index in [0.717, 1.165) is 35.5 Å². The molecule has 2 N–H and O–H groups in total. The van der Waals surface area contributed by atoms with Gasteiger partial charge >= 0.3 is 6.09 Å². The van der Waals surface area contributed by atoms with Crippen molar-refractivity contribution < 1.29 is 22.7 Å². The van der Waals surface area contributed by atoms with Crippen LogP contribution in [0.3, 0.4) is 0 Å². The van der Waals surface area contributed by atoms with Crippen LogP contribution >= 0.6 is 12.4 Å². The Bertz CT molecular complexity index is 2010. The van der Waals surface area contributed by atoms with Crippen molar-refractivity contribution in [1.82, 2.24) is 24.6 Å². The van der Waals surface area contributed by atoms with Crippen molar-refractivity contribution in [2.24, 2.45) is 5.92 Å². The maximum absolute atomic E-state index is 13.8. The molecule has 0 aromatic carbocycles. The lowest BCUT2D eigenvalue weighted by Crippen LogP contribution is -2.41. The second-order valence-electron chi connectivity index (χ2n) is 16.7. The molecule has 6 heterocycles. The standard InChI is InChI=1S/C39H51N7O5S.ClH/c1-37(2,3)31-18-16-27-34(42-31)46-24-25(23-39(46,7)8)15-17-30(41-32-13-10-14-33(43-32)52(49,50)44-35(27)47)29-12-9-11-28(40-29)26-19-21-45(22-20-26)36(48)51-38(4,5)6;/h9-14,16,18-19,25,30H,15,17,20-24H2,1-8H3,(H,41,43)(H,44,47);1H/t25-,30+;/m0./s1. The van der Waals surface area contributed by atoms with Crippen molar-refractivity contribution in [3.05, 3.63) is 77.3 Å². The fourth-order valence-electron chi connectivity index (χ4n) is 7.17. The maximum Gasteiger partial charge on any atom is 0.410 e. The van der Waals surface area contributed by atoms with Gasteiger partial charge in [0.15, 0.2) is 5.03 Å². The van der Waals surface area contributed by atoms with Crippen LogP contribution < -0.4 is 14.9 Å². The van der Waals surface area contributed by atoms with Gasteiger partial charge in [0, 0.05) is 36.3 Å². The molecule has 3 aliphatic rings. The topological polar surface area (TPSA) is 147 Å². The lowest BCUT2D eigenvalue weighted by molar-refractivity contribution is 0.0270. The number of hydrogen-bond acceptors (Lipinski definition) is 10. The van der Waals surface area contributed by atoms with E-state index in [1.807, 2.05) is 45.0 Å². The van der Waals surface area contributed by atoms with Crippen molar-refractivity contribution in [1.29, 1.82) is 0 Å². The quantitative estimate of drug-likeness (QED) is 0.273. The third-order valence-corrected chi connectivity index (χ3v) is 11.1. The fourth-order valence-corrected chi connectivity index (χ4v) is 8.10. The van der Waals surface area contributed by atoms with Crippen LogP contribution in [0.5, 0.6) is 0 Å². The molecule has 286 valence electrons. The largest absolute Gasteiger partial charge is 0.444 e. The number of amides is 2. The summed E-state index contributed by atoms with van der Waals surface area (Å²) in [6.45, 7) is 17.7. The summed E-state index contributed by atoms with van der Waals surface area (Å²) in [5, 5.41) is 3.21. The van der Waals surface area contributed by atoms with Gasteiger partial charge < -0.3 is 19.9 Å². The van der Waals surface area contributed by atoms with Crippen molar-refractivity contribution >= 4 is 51.6 Å². The van der Waals surface area contributed by atoms with Gasteiger partial charge in [-0.05, 0) is 108 Å². The first-order valence-electron chi connectivity index (χ1n) is 18.0. The molecule has 3 aromatic rings. The first kappa shape index (κ1) is 40.0. The fraction of sp³-hybridized carbons (Fsp3) is 0.513. The number of hydrogen-bond donors (Lipinski definition) is 2. The van der Waals surface area contributed by atoms with E-state index in [4.69, 9.17) is 14.7 Å². The highest BCUT2D eigenvalue weighted by Crippen LogP contribution is 2.41. The van der Waals surface area contributed by atoms with Gasteiger partial charge in [0.25, 0.3) is 15.9 Å². The van der Waals surface area contributed by atoms with Gasteiger partial charge in [-0.15, -0.1) is 12.4 Å². The summed E-state index contributed by atoms with van der Waals surface area (Å²) >= 11 is 0. The Labute approximate surface area is 319 Å². The minimum Gasteiger partial charge on any atom is -0.444 e. The number of anilines is 2. The predicted octanol–water partition coefficient (Wildman–Crippen LogP) is 7.29. The molecule has 0 aliphatic carbocycles. The summed E-state index contributed by atoms with van der Waals surface area (Å²) in [5.74, 6) is 0.366. The molecule has 12 nitrogen and oxygen atoms in total. The molecule has 1 saturated heterocycles. The van der Waals surface area contributed by atoms with Crippen molar-refractivity contribution in [3.63, 3.8) is 0 Å². The summed E-state index contributed by atoms with van der Waals surface area (Å²) < 4.78 is 35.1. The Morgan fingerprint density at radius 3 is 2.38 bits per heavy atom. The molecule has 3 aliphatic heterocycles. The van der Waals surface area contributed by atoms with E-state index < -0.39 is 21.5 Å². The highest BCUT2D eigenvalue weighted by Gasteiger charge is 2.41. The molecule has 4 bridgehead atoms. The van der Waals surface area contributed by atoms with Crippen molar-refractivity contribution in [2.45, 2.75) is 109 Å². The van der Waals surface area contributed by atoms with Crippen LogP contribution in [0.1, 0.15) is 115 Å². The third kappa shape index (κ3) is 9.12. The van der Waals surface area contributed by atoms with E-state index in [0.29, 0.717) is 44.1 Å². The van der Waals surface area contributed by atoms with Crippen LogP contribution in [0.15, 0.2) is 59.6 Å². The number of sulfonamides is 1. The molecule has 2 atom stereocenters. The van der Waals surface area contributed by atoms with Crippen LogP contribution in [0, 0.1) is 5.92 Å². The van der Waals surface area contributed by atoms with Crippen molar-refractivity contribution in [3.8, 4) is 0 Å². The Balaban J connectivity index is 0.00000541. The summed E-state index contributed by atoms with van der Waals surface area (Å²) in [4.78, 5) is 44.9. The van der Waals surface area contributed by atoms with Crippen molar-refractivity contribution in [2.75, 3.05) is 29.9 Å². The van der Waals surface area contributed by atoms with Crippen LogP contribution in [-0.2, 0) is 20.2 Å². The predicted molar refractivity (Wildman–Crippen MR) is 209 cm³/mol. The highest BCUT2D eigenvalue weighted by molar-refractivity contribution is 7.90. The zero-order valence-electron chi connectivity index (χ0n) is 31.9. The summed E-state index contributed by atoms with van der Waals surface area (Å²) in [6, 6.07) is 13.8. The number of nitrogens with one attached hydrogen (secondary N) is 2. The zero-order valence-corrected chi connectivity index (χ0v) is 33.5. The Morgan fingerprint density at radius 1 is 0.962 bits per heavy atom. The number of rotatable bonds is 2. The van der Waals surface area contributed by atoms with Crippen LogP contribution in [0.2, 0.25) is 0 Å². The monoisotopic (exact) mass is 765 g/mol. The van der Waals surface area contributed by atoms with Crippen LogP contribution in [0.4, 0.5) is 16.4 Å². The number of carbonyl (C=O) groups excluding carboxylic acids is 2. The minimum absolute atomic E-state index is 0. The van der Waals surface area contributed by atoms with E-state index >= 15 is 0 Å². The normalized spacial score (nSPS) is 21.4. The summed E-state index contributed by atoms with van der Waals surface area (Å²) in [6.07, 6.45) is 4.75. The Kier molecular flexibility index (Phi) is 11.2. The molecule has 3 aromatic heterocycles. The molecule has 2 amide bonds. The van der Waals surface area contributed by atoms with Gasteiger partial charge in [-0.25, -0.2) is 19.5 Å². The average molecular weight is 766 g/mol. The SMILES string of the molecule is CC(C)(C)OC(=O)N1CC=C(c2cccc([C@H]3CC[C@@H]4CN(c5nc(C(C)(C)C)ccc5C(=O)NS(=O)(=O)c5cccc(n5)N3)C(C)(C)C4)n2)CC1.Cl. The molecule has 1 fully saturated rings. The van der Waals surface area contributed by atoms with E-state index in [9.17, 15) is 18.0 Å². The average Bonchev–Trinajstić information content (AvgIpc) is 3.38. The van der Waals surface area contributed by atoms with Crippen LogP contribution in [-0.4, -0.2) is 71.0 Å². The maximum atomic E-state index is 13.8. The molecule has 0 spiro atoms. The van der Waals surface area contributed by atoms with E-state index in [2.05, 4.69) is 54.5 Å². The Hall–Kier alpha value is -4.23. The van der Waals surface area contributed by atoms with E-state index in [1.54, 1.807) is 29.2 Å². The zero-order chi connectivity index (χ0) is 37.6. The molecule has 14 heteroatoms. The lowest BCUT2D eigenvalue weighted by atomic mass is 9.90. The van der Waals surface area contributed by atoms with Gasteiger partial charge in [-0.3, -0.25) is 9.78 Å². The van der Waals surface area contributed by atoms with Gasteiger partial charge in [-0.2, -0.15) is 8.42 Å². The van der Waals surface area contributed by atoms with Gasteiger partial charge in [0.2, 0.25) is 0 Å². The molecule has 6 rings (SSSR count). The smallest absolute Gasteiger partial charge is 0.410 e. The number of ether oxygens (including phenoxy) is 1. The highest BCUT2D eigenvalue weighted by atomic mass is 35.5. The first-order valence-corrected chi connectivity index (χ1v) is 19.5. The third-order valence-electron chi connectivity index (χ3n) is 9.83. The molecule has 53 heavy (non-hydrogen) atoms. The molecular formula is C39H52ClN7O5S. The van der Waals surface area contributed by atoms with E-state index in [1.165, 1.54) is 6.07 Å². The number of halogens is 1. The van der Waals surface area contributed by atoms with Gasteiger partial charge in [-0.1, -0.05) is 39.0 Å². The second-order valence-corrected chi connectivity index (χ2v) is 18.4. The summed E-state index contributed by atoms with van der Waals surface area (Å²) in [7, 11) is -4.33. The number of aromatic nitrogens is 3. The number of fused-ring (bicyclic) bond motifs is 6. The van der Waals surface area contributed by atoms with E-state index in [-0.39, 0.29) is 52.0 Å². The first-order chi connectivity index (χ1) is 24.3. The molecule has 0 saturated carbocycles. The number of carbonyl (C=O) groups is 2. The summed E-state index contributed by atoms with van der Waals surface area (Å²) in [5.41, 5.74) is 2.52. The second kappa shape index (κ2) is 14.9. The molecular weight excluding hydrogens is 714 g/mol. The lowest BCUT2D eigenvalue weighted by Gasteiger charge is -2.34. The minimum atomic E-state index is -4.33. The van der Waals surface area contributed by atoms with Crippen LogP contribution in [0.25, 0.3) is 5.57 Å². The molecule has 0 radical (unpaired) electrons. The Morgan fingerprint density at radius 2 is 1.70 bits per heavy atom. The molecule has 0 unspecified atom stereocenters. The number of pyridine rings is 3.